The van der Waals surface area contributed by atoms with Crippen LogP contribution < -0.4 is 15.9 Å². The Hall–Kier alpha value is -3.54. The van der Waals surface area contributed by atoms with Crippen LogP contribution in [0.5, 0.6) is 11.6 Å². The lowest BCUT2D eigenvalue weighted by Crippen LogP contribution is -2.18. The Morgan fingerprint density at radius 1 is 0.960 bits per heavy atom. The van der Waals surface area contributed by atoms with Gasteiger partial charge in [-0.25, -0.2) is 9.36 Å². The summed E-state index contributed by atoms with van der Waals surface area (Å²) in [7, 11) is 1.54. The van der Waals surface area contributed by atoms with Gasteiger partial charge in [-0.3, -0.25) is 9.20 Å². The highest BCUT2D eigenvalue weighted by atomic mass is 16.5. The summed E-state index contributed by atoms with van der Waals surface area (Å²) in [6, 6.07) is 15.3. The minimum atomic E-state index is -0.518. The molecule has 0 unspecified atom stereocenters. The number of hydrogen-bond donors (Lipinski definition) is 1. The molecule has 25 heavy (non-hydrogen) atoms. The van der Waals surface area contributed by atoms with E-state index in [0.717, 1.165) is 4.57 Å². The van der Waals surface area contributed by atoms with Gasteiger partial charge >= 0.3 is 5.69 Å². The third kappa shape index (κ3) is 2.19. The van der Waals surface area contributed by atoms with E-state index < -0.39 is 11.1 Å². The first kappa shape index (κ1) is 15.0. The van der Waals surface area contributed by atoms with Crippen LogP contribution in [0.1, 0.15) is 0 Å². The van der Waals surface area contributed by atoms with Crippen LogP contribution in [-0.2, 0) is 0 Å². The first-order chi connectivity index (χ1) is 12.1. The van der Waals surface area contributed by atoms with Gasteiger partial charge in [-0.05, 0) is 35.7 Å². The number of hydrogen-bond acceptors (Lipinski definition) is 4. The molecular weight excluding hydrogens is 320 g/mol. The van der Waals surface area contributed by atoms with E-state index in [1.54, 1.807) is 55.6 Å². The zero-order chi connectivity index (χ0) is 17.6. The van der Waals surface area contributed by atoms with Crippen LogP contribution >= 0.6 is 0 Å². The summed E-state index contributed by atoms with van der Waals surface area (Å²) < 4.78 is 7.37. The van der Waals surface area contributed by atoms with Crippen LogP contribution in [-0.4, -0.2) is 21.2 Å². The number of benzene rings is 2. The Kier molecular flexibility index (Phi) is 3.32. The fourth-order valence-corrected chi connectivity index (χ4v) is 2.95. The Morgan fingerprint density at radius 2 is 1.68 bits per heavy atom. The lowest BCUT2D eigenvalue weighted by atomic mass is 10.2. The third-order valence-corrected chi connectivity index (χ3v) is 4.22. The molecule has 2 heterocycles. The van der Waals surface area contributed by atoms with Crippen molar-refractivity contribution < 1.29 is 9.84 Å². The van der Waals surface area contributed by atoms with Crippen molar-refractivity contribution in [1.29, 1.82) is 0 Å². The molecule has 0 atom stereocenters. The first-order valence-corrected chi connectivity index (χ1v) is 7.64. The SMILES string of the molecule is COc1ccc(-n2c(O)c3c(=O)c4ccccc4ccn3c2=O)cc1. The molecule has 124 valence electrons. The van der Waals surface area contributed by atoms with Gasteiger partial charge in [0.15, 0.2) is 5.52 Å². The summed E-state index contributed by atoms with van der Waals surface area (Å²) in [6.45, 7) is 0. The molecule has 2 aromatic carbocycles. The minimum Gasteiger partial charge on any atom is -0.497 e. The summed E-state index contributed by atoms with van der Waals surface area (Å²) in [6.07, 6.45) is 1.50. The Balaban J connectivity index is 2.12. The van der Waals surface area contributed by atoms with E-state index in [-0.39, 0.29) is 11.4 Å². The van der Waals surface area contributed by atoms with E-state index >= 15 is 0 Å². The van der Waals surface area contributed by atoms with Crippen LogP contribution in [0.3, 0.4) is 0 Å². The Morgan fingerprint density at radius 3 is 2.40 bits per heavy atom. The van der Waals surface area contributed by atoms with E-state index in [1.165, 1.54) is 10.6 Å². The number of aromatic hydroxyl groups is 1. The van der Waals surface area contributed by atoms with Crippen LogP contribution in [0.15, 0.2) is 70.4 Å². The molecule has 0 fully saturated rings. The lowest BCUT2D eigenvalue weighted by molar-refractivity contribution is 0.414. The van der Waals surface area contributed by atoms with Gasteiger partial charge < -0.3 is 9.84 Å². The van der Waals surface area contributed by atoms with Crippen LogP contribution in [0.25, 0.3) is 22.0 Å². The number of nitrogens with zero attached hydrogens (tertiary/aromatic N) is 2. The quantitative estimate of drug-likeness (QED) is 0.611. The van der Waals surface area contributed by atoms with Gasteiger partial charge in [0, 0.05) is 11.6 Å². The van der Waals surface area contributed by atoms with Gasteiger partial charge in [-0.1, -0.05) is 24.3 Å². The highest BCUT2D eigenvalue weighted by Crippen LogP contribution is 2.22. The zero-order valence-corrected chi connectivity index (χ0v) is 13.3. The molecule has 0 saturated carbocycles. The molecule has 0 aliphatic heterocycles. The molecule has 6 heteroatoms. The molecule has 0 saturated heterocycles. The predicted octanol–water partition coefficient (Wildman–Crippen LogP) is 2.32. The smallest absolute Gasteiger partial charge is 0.340 e. The van der Waals surface area contributed by atoms with E-state index in [0.29, 0.717) is 22.2 Å². The minimum absolute atomic E-state index is 0.0537. The fourth-order valence-electron chi connectivity index (χ4n) is 2.95. The molecule has 0 bridgehead atoms. The van der Waals surface area contributed by atoms with Crippen molar-refractivity contribution >= 4 is 16.3 Å². The van der Waals surface area contributed by atoms with Crippen molar-refractivity contribution in [3.05, 3.63) is 81.5 Å². The van der Waals surface area contributed by atoms with E-state index in [9.17, 15) is 14.7 Å². The number of fused-ring (bicyclic) bond motifs is 2. The van der Waals surface area contributed by atoms with E-state index in [1.807, 2.05) is 6.07 Å². The molecule has 0 spiro atoms. The fraction of sp³-hybridized carbons (Fsp3) is 0.0526. The largest absolute Gasteiger partial charge is 0.497 e. The first-order valence-electron chi connectivity index (χ1n) is 7.64. The monoisotopic (exact) mass is 334 g/mol. The summed E-state index contributed by atoms with van der Waals surface area (Å²) in [5.74, 6) is 0.239. The van der Waals surface area contributed by atoms with Crippen molar-refractivity contribution in [2.45, 2.75) is 0 Å². The second kappa shape index (κ2) is 5.52. The highest BCUT2D eigenvalue weighted by molar-refractivity contribution is 5.85. The normalized spacial score (nSPS) is 11.1. The lowest BCUT2D eigenvalue weighted by Gasteiger charge is -2.04. The van der Waals surface area contributed by atoms with Gasteiger partial charge in [0.2, 0.25) is 11.3 Å². The van der Waals surface area contributed by atoms with Gasteiger partial charge in [0.05, 0.1) is 12.8 Å². The molecule has 0 amide bonds. The zero-order valence-electron chi connectivity index (χ0n) is 13.3. The maximum Gasteiger partial charge on any atom is 0.340 e. The highest BCUT2D eigenvalue weighted by Gasteiger charge is 2.18. The maximum absolute atomic E-state index is 12.9. The van der Waals surface area contributed by atoms with Gasteiger partial charge in [-0.2, -0.15) is 0 Å². The van der Waals surface area contributed by atoms with Crippen molar-refractivity contribution in [2.75, 3.05) is 7.11 Å². The number of imidazole rings is 1. The average molecular weight is 334 g/mol. The van der Waals surface area contributed by atoms with Gasteiger partial charge in [0.1, 0.15) is 5.75 Å². The van der Waals surface area contributed by atoms with Crippen molar-refractivity contribution in [3.8, 4) is 17.3 Å². The topological polar surface area (TPSA) is 72.9 Å². The molecule has 6 nitrogen and oxygen atoms in total. The van der Waals surface area contributed by atoms with Crippen molar-refractivity contribution in [2.24, 2.45) is 0 Å². The molecule has 0 aliphatic rings. The van der Waals surface area contributed by atoms with E-state index in [4.69, 9.17) is 4.74 Å². The average Bonchev–Trinajstić information content (AvgIpc) is 2.79. The summed E-state index contributed by atoms with van der Waals surface area (Å²) in [5.41, 5.74) is -0.530. The summed E-state index contributed by atoms with van der Waals surface area (Å²) >= 11 is 0. The second-order valence-electron chi connectivity index (χ2n) is 5.59. The molecular formula is C19H14N2O4. The maximum atomic E-state index is 12.9. The molecule has 0 aliphatic carbocycles. The predicted molar refractivity (Wildman–Crippen MR) is 95.0 cm³/mol. The van der Waals surface area contributed by atoms with Crippen molar-refractivity contribution in [3.63, 3.8) is 0 Å². The van der Waals surface area contributed by atoms with Crippen molar-refractivity contribution in [1.82, 2.24) is 8.97 Å². The molecule has 4 aromatic rings. The Labute approximate surface area is 141 Å². The molecule has 0 radical (unpaired) electrons. The van der Waals surface area contributed by atoms with Crippen LogP contribution in [0.2, 0.25) is 0 Å². The van der Waals surface area contributed by atoms with Gasteiger partial charge in [0.25, 0.3) is 0 Å². The molecule has 2 aromatic heterocycles. The number of aromatic nitrogens is 2. The number of ether oxygens (including phenoxy) is 1. The summed E-state index contributed by atoms with van der Waals surface area (Å²) in [4.78, 5) is 25.6. The third-order valence-electron chi connectivity index (χ3n) is 4.22. The van der Waals surface area contributed by atoms with Crippen LogP contribution in [0.4, 0.5) is 0 Å². The number of methoxy groups -OCH3 is 1. The van der Waals surface area contributed by atoms with Crippen LogP contribution in [0, 0.1) is 0 Å². The van der Waals surface area contributed by atoms with E-state index in [2.05, 4.69) is 0 Å². The second-order valence-corrected chi connectivity index (χ2v) is 5.59. The standard InChI is InChI=1S/C19H14N2O4/c1-25-14-8-6-13(7-9-14)21-18(23)16-17(22)15-5-3-2-4-12(15)10-11-20(16)19(21)24/h2-11,23H,1H3. The molecule has 4 rings (SSSR count). The number of rotatable bonds is 2. The summed E-state index contributed by atoms with van der Waals surface area (Å²) in [5, 5.41) is 11.7. The molecule has 1 N–H and O–H groups in total. The van der Waals surface area contributed by atoms with Gasteiger partial charge in [-0.15, -0.1) is 0 Å². The Bertz CT molecular complexity index is 1220.